The van der Waals surface area contributed by atoms with Gasteiger partial charge in [0.25, 0.3) is 0 Å². The molecular weight excluding hydrogens is 90.9 g/mol. The summed E-state index contributed by atoms with van der Waals surface area (Å²) in [5.41, 5.74) is 0. The predicted octanol–water partition coefficient (Wildman–Crippen LogP) is -1.43. The van der Waals surface area contributed by atoms with E-state index in [0.717, 1.165) is 12.8 Å². The molecule has 0 atom stereocenters. The Balaban J connectivity index is 0. The lowest BCUT2D eigenvalue weighted by Crippen LogP contribution is -1.85. The lowest BCUT2D eigenvalue weighted by atomic mass is 10.3. The summed E-state index contributed by atoms with van der Waals surface area (Å²) in [6.07, 6.45) is 1.44. The minimum atomic E-state index is 0. The molecule has 0 aliphatic carbocycles. The number of aliphatic hydroxyl groups is 2. The van der Waals surface area contributed by atoms with Crippen molar-refractivity contribution in [3.8, 4) is 0 Å². The predicted molar refractivity (Wildman–Crippen MR) is 33.3 cm³/mol. The Morgan fingerprint density at radius 1 is 0.857 bits per heavy atom. The van der Waals surface area contributed by atoms with Crippen LogP contribution in [0, 0.1) is 0 Å². The fraction of sp³-hybridized carbons (Fsp3) is 1.00. The molecule has 0 amide bonds. The molecule has 0 saturated carbocycles. The van der Waals surface area contributed by atoms with E-state index >= 15 is 0 Å². The molecule has 0 unspecified atom stereocenters. The molecule has 0 aromatic carbocycles. The van der Waals surface area contributed by atoms with Crippen molar-refractivity contribution >= 4 is 8.41 Å². The summed E-state index contributed by atoms with van der Waals surface area (Å²) in [5.74, 6) is 0. The molecule has 44 valence electrons. The van der Waals surface area contributed by atoms with Gasteiger partial charge in [-0.25, -0.2) is 0 Å². The quantitative estimate of drug-likeness (QED) is 0.340. The average molecular weight is 104 g/mol. The van der Waals surface area contributed by atoms with Crippen LogP contribution in [-0.4, -0.2) is 31.8 Å². The third-order valence-corrected chi connectivity index (χ3v) is 0.566. The Kier molecular flexibility index (Phi) is 13.5. The zero-order valence-electron chi connectivity index (χ0n) is 3.72. The second-order valence-corrected chi connectivity index (χ2v) is 1.15. The van der Waals surface area contributed by atoms with Crippen molar-refractivity contribution in [3.63, 3.8) is 0 Å². The number of hydrogen-bond donors (Lipinski definition) is 2. The van der Waals surface area contributed by atoms with Gasteiger partial charge in [-0.3, -0.25) is 0 Å². The van der Waals surface area contributed by atoms with Gasteiger partial charge >= 0.3 is 0 Å². The molecule has 0 aliphatic rings. The van der Waals surface area contributed by atoms with Gasteiger partial charge < -0.3 is 10.2 Å². The number of hydrogen-bond acceptors (Lipinski definition) is 2. The van der Waals surface area contributed by atoms with Crippen molar-refractivity contribution in [1.29, 1.82) is 0 Å². The largest absolute Gasteiger partial charge is 0.396 e. The van der Waals surface area contributed by atoms with Gasteiger partial charge in [-0.2, -0.15) is 0 Å². The maximum absolute atomic E-state index is 8.09. The summed E-state index contributed by atoms with van der Waals surface area (Å²) >= 11 is 0. The Labute approximate surface area is 45.7 Å². The lowest BCUT2D eigenvalue weighted by Gasteiger charge is -1.85. The van der Waals surface area contributed by atoms with E-state index in [-0.39, 0.29) is 21.6 Å². The van der Waals surface area contributed by atoms with E-state index < -0.39 is 0 Å². The molecular formula is C4H13BO2. The van der Waals surface area contributed by atoms with E-state index in [9.17, 15) is 0 Å². The van der Waals surface area contributed by atoms with E-state index in [4.69, 9.17) is 10.2 Å². The maximum Gasteiger partial charge on any atom is 0.0814 e. The number of rotatable bonds is 3. The zero-order chi connectivity index (χ0) is 4.83. The molecule has 0 bridgehead atoms. The third-order valence-electron chi connectivity index (χ3n) is 0.566. The van der Waals surface area contributed by atoms with Crippen molar-refractivity contribution in [2.45, 2.75) is 12.8 Å². The molecule has 2 nitrogen and oxygen atoms in total. The SMILES string of the molecule is B.OCCCCO. The van der Waals surface area contributed by atoms with Crippen LogP contribution in [0.15, 0.2) is 0 Å². The van der Waals surface area contributed by atoms with Crippen molar-refractivity contribution in [1.82, 2.24) is 0 Å². The first-order chi connectivity index (χ1) is 2.91. The highest BCUT2D eigenvalue weighted by atomic mass is 16.3. The molecule has 7 heavy (non-hydrogen) atoms. The van der Waals surface area contributed by atoms with Gasteiger partial charge in [-0.05, 0) is 12.8 Å². The molecule has 0 fully saturated rings. The van der Waals surface area contributed by atoms with Gasteiger partial charge in [0, 0.05) is 13.2 Å². The van der Waals surface area contributed by atoms with Gasteiger partial charge in [0.1, 0.15) is 0 Å². The Bertz CT molecular complexity index is 21.7. The maximum atomic E-state index is 8.09. The van der Waals surface area contributed by atoms with Crippen molar-refractivity contribution < 1.29 is 10.2 Å². The van der Waals surface area contributed by atoms with Crippen LogP contribution in [0.1, 0.15) is 12.8 Å². The van der Waals surface area contributed by atoms with E-state index in [1.54, 1.807) is 0 Å². The standard InChI is InChI=1S/C4H10O2.BH3/c5-3-1-2-4-6;/h5-6H,1-4H2;1H3. The first kappa shape index (κ1) is 10.1. The topological polar surface area (TPSA) is 40.5 Å². The molecule has 0 saturated heterocycles. The van der Waals surface area contributed by atoms with Gasteiger partial charge in [0.05, 0.1) is 8.41 Å². The Morgan fingerprint density at radius 3 is 1.29 bits per heavy atom. The third kappa shape index (κ3) is 10.7. The summed E-state index contributed by atoms with van der Waals surface area (Å²) in [4.78, 5) is 0. The van der Waals surface area contributed by atoms with E-state index in [0.29, 0.717) is 0 Å². The van der Waals surface area contributed by atoms with Crippen molar-refractivity contribution in [2.24, 2.45) is 0 Å². The van der Waals surface area contributed by atoms with Gasteiger partial charge in [-0.15, -0.1) is 0 Å². The molecule has 3 heteroatoms. The molecule has 0 radical (unpaired) electrons. The van der Waals surface area contributed by atoms with Gasteiger partial charge in [0.15, 0.2) is 0 Å². The Morgan fingerprint density at radius 2 is 1.14 bits per heavy atom. The van der Waals surface area contributed by atoms with E-state index in [2.05, 4.69) is 0 Å². The average Bonchev–Trinajstić information content (AvgIpc) is 1.61. The monoisotopic (exact) mass is 104 g/mol. The molecule has 0 aromatic rings. The first-order valence-electron chi connectivity index (χ1n) is 2.13. The normalized spacial score (nSPS) is 7.71. The van der Waals surface area contributed by atoms with Crippen LogP contribution in [0.25, 0.3) is 0 Å². The summed E-state index contributed by atoms with van der Waals surface area (Å²) in [7, 11) is 0. The second-order valence-electron chi connectivity index (χ2n) is 1.15. The lowest BCUT2D eigenvalue weighted by molar-refractivity contribution is 0.242. The smallest absolute Gasteiger partial charge is 0.0814 e. The van der Waals surface area contributed by atoms with E-state index in [1.165, 1.54) is 0 Å². The fourth-order valence-electron chi connectivity index (χ4n) is 0.224. The van der Waals surface area contributed by atoms with Crippen LogP contribution in [-0.2, 0) is 0 Å². The Hall–Kier alpha value is -0.0151. The highest BCUT2D eigenvalue weighted by molar-refractivity contribution is 5.75. The van der Waals surface area contributed by atoms with Crippen LogP contribution in [0.5, 0.6) is 0 Å². The number of unbranched alkanes of at least 4 members (excludes halogenated alkanes) is 1. The minimum Gasteiger partial charge on any atom is -0.396 e. The molecule has 0 heterocycles. The van der Waals surface area contributed by atoms with Crippen LogP contribution in [0.3, 0.4) is 0 Å². The minimum absolute atomic E-state index is 0. The number of aliphatic hydroxyl groups excluding tert-OH is 2. The van der Waals surface area contributed by atoms with Gasteiger partial charge in [0.2, 0.25) is 0 Å². The summed E-state index contributed by atoms with van der Waals surface area (Å²) < 4.78 is 0. The highest BCUT2D eigenvalue weighted by Gasteiger charge is 1.77. The fourth-order valence-corrected chi connectivity index (χ4v) is 0.224. The van der Waals surface area contributed by atoms with Crippen LogP contribution < -0.4 is 0 Å². The van der Waals surface area contributed by atoms with Crippen molar-refractivity contribution in [3.05, 3.63) is 0 Å². The van der Waals surface area contributed by atoms with Crippen LogP contribution in [0.2, 0.25) is 0 Å². The summed E-state index contributed by atoms with van der Waals surface area (Å²) in [6.45, 7) is 0.390. The van der Waals surface area contributed by atoms with Crippen molar-refractivity contribution in [2.75, 3.05) is 13.2 Å². The summed E-state index contributed by atoms with van der Waals surface area (Å²) in [6, 6.07) is 0. The molecule has 2 N–H and O–H groups in total. The first-order valence-corrected chi connectivity index (χ1v) is 2.13. The second kappa shape index (κ2) is 9.37. The molecule has 0 aromatic heterocycles. The van der Waals surface area contributed by atoms with E-state index in [1.807, 2.05) is 0 Å². The highest BCUT2D eigenvalue weighted by Crippen LogP contribution is 1.80. The summed E-state index contributed by atoms with van der Waals surface area (Å²) in [5, 5.41) is 16.2. The van der Waals surface area contributed by atoms with Gasteiger partial charge in [-0.1, -0.05) is 0 Å². The molecule has 0 rings (SSSR count). The molecule has 0 aliphatic heterocycles. The molecule has 0 spiro atoms. The van der Waals surface area contributed by atoms with Crippen LogP contribution >= 0.6 is 0 Å². The van der Waals surface area contributed by atoms with Crippen LogP contribution in [0.4, 0.5) is 0 Å². The zero-order valence-corrected chi connectivity index (χ0v) is 3.72.